The third kappa shape index (κ3) is 6.01. The number of ether oxygens (including phenoxy) is 2. The molecule has 5 nitrogen and oxygen atoms in total. The summed E-state index contributed by atoms with van der Waals surface area (Å²) >= 11 is 12.6. The van der Waals surface area contributed by atoms with Gasteiger partial charge in [-0.3, -0.25) is 4.79 Å². The van der Waals surface area contributed by atoms with Gasteiger partial charge >= 0.3 is 5.97 Å². The lowest BCUT2D eigenvalue weighted by atomic mass is 9.68. The van der Waals surface area contributed by atoms with Crippen molar-refractivity contribution in [1.29, 1.82) is 0 Å². The number of hydrogen-bond donors (Lipinski definition) is 1. The van der Waals surface area contributed by atoms with Gasteiger partial charge in [0.2, 0.25) is 5.91 Å². The van der Waals surface area contributed by atoms with E-state index in [0.29, 0.717) is 46.5 Å². The fraction of sp³-hybridized carbons (Fsp3) is 0.462. The Kier molecular flexibility index (Phi) is 9.04. The molecule has 178 valence electrons. The number of hydrogen-bond acceptors (Lipinski definition) is 4. The minimum atomic E-state index is -0.750. The highest BCUT2D eigenvalue weighted by Gasteiger charge is 2.42. The van der Waals surface area contributed by atoms with Crippen molar-refractivity contribution in [3.63, 3.8) is 0 Å². The van der Waals surface area contributed by atoms with Gasteiger partial charge in [-0.2, -0.15) is 0 Å². The zero-order valence-electron chi connectivity index (χ0n) is 19.2. The van der Waals surface area contributed by atoms with Crippen molar-refractivity contribution in [3.05, 3.63) is 57.6 Å². The molecule has 1 N–H and O–H groups in total. The first-order valence-electron chi connectivity index (χ1n) is 11.6. The van der Waals surface area contributed by atoms with Gasteiger partial charge in [0.25, 0.3) is 0 Å². The largest absolute Gasteiger partial charge is 0.493 e. The van der Waals surface area contributed by atoms with Gasteiger partial charge in [0.1, 0.15) is 11.3 Å². The Labute approximate surface area is 205 Å². The van der Waals surface area contributed by atoms with E-state index in [4.69, 9.17) is 32.7 Å². The van der Waals surface area contributed by atoms with Gasteiger partial charge in [0.05, 0.1) is 18.6 Å². The maximum atomic E-state index is 13.7. The fourth-order valence-electron chi connectivity index (χ4n) is 4.33. The molecule has 0 heterocycles. The summed E-state index contributed by atoms with van der Waals surface area (Å²) in [5, 5.41) is 4.06. The fourth-order valence-corrected chi connectivity index (χ4v) is 4.92. The number of carbonyl (C=O) groups excluding carboxylic acids is 2. The number of benzene rings is 2. The second-order valence-electron chi connectivity index (χ2n) is 8.35. The summed E-state index contributed by atoms with van der Waals surface area (Å²) in [6, 6.07) is 10.4. The zero-order chi connectivity index (χ0) is 23.8. The van der Waals surface area contributed by atoms with Crippen molar-refractivity contribution >= 4 is 40.8 Å². The van der Waals surface area contributed by atoms with Crippen molar-refractivity contribution in [2.75, 3.05) is 18.5 Å². The molecule has 0 saturated heterocycles. The molecule has 1 aliphatic carbocycles. The van der Waals surface area contributed by atoms with E-state index in [2.05, 4.69) is 12.2 Å². The maximum absolute atomic E-state index is 13.7. The van der Waals surface area contributed by atoms with Crippen LogP contribution < -0.4 is 10.1 Å². The van der Waals surface area contributed by atoms with Gasteiger partial charge in [-0.05, 0) is 62.1 Å². The molecule has 7 heteroatoms. The van der Waals surface area contributed by atoms with E-state index in [9.17, 15) is 9.59 Å². The highest BCUT2D eigenvalue weighted by molar-refractivity contribution is 6.35. The second-order valence-corrected chi connectivity index (χ2v) is 9.20. The van der Waals surface area contributed by atoms with E-state index in [1.54, 1.807) is 37.3 Å². The highest BCUT2D eigenvalue weighted by Crippen LogP contribution is 2.44. The van der Waals surface area contributed by atoms with Crippen LogP contribution in [0.2, 0.25) is 10.0 Å². The third-order valence-corrected chi connectivity index (χ3v) is 6.62. The Morgan fingerprint density at radius 3 is 2.45 bits per heavy atom. The SMILES string of the molecule is CCCCOc1ccc(NC(=O)C2(c3ccc(Cl)cc3Cl)CCCCC2)cc1C(=O)OCC. The molecule has 0 aromatic heterocycles. The lowest BCUT2D eigenvalue weighted by molar-refractivity contribution is -0.122. The quantitative estimate of drug-likeness (QED) is 0.297. The van der Waals surface area contributed by atoms with Gasteiger partial charge in [0.15, 0.2) is 0 Å². The molecule has 0 atom stereocenters. The Morgan fingerprint density at radius 1 is 1.03 bits per heavy atom. The normalized spacial score (nSPS) is 15.0. The van der Waals surface area contributed by atoms with Crippen molar-refractivity contribution in [2.45, 2.75) is 64.2 Å². The van der Waals surface area contributed by atoms with Gasteiger partial charge in [-0.25, -0.2) is 4.79 Å². The molecule has 0 spiro atoms. The molecule has 0 aliphatic heterocycles. The molecule has 0 radical (unpaired) electrons. The van der Waals surface area contributed by atoms with E-state index >= 15 is 0 Å². The summed E-state index contributed by atoms with van der Waals surface area (Å²) in [4.78, 5) is 26.2. The van der Waals surface area contributed by atoms with Crippen molar-refractivity contribution in [2.24, 2.45) is 0 Å². The van der Waals surface area contributed by atoms with Crippen LogP contribution in [0.4, 0.5) is 5.69 Å². The number of rotatable bonds is 9. The topological polar surface area (TPSA) is 64.6 Å². The van der Waals surface area contributed by atoms with E-state index in [1.165, 1.54) is 0 Å². The monoisotopic (exact) mass is 491 g/mol. The number of nitrogens with one attached hydrogen (secondary N) is 1. The first-order chi connectivity index (χ1) is 15.9. The number of unbranched alkanes of at least 4 members (excludes halogenated alkanes) is 1. The third-order valence-electron chi connectivity index (χ3n) is 6.08. The number of anilines is 1. The summed E-state index contributed by atoms with van der Waals surface area (Å²) in [6.07, 6.45) is 6.21. The van der Waals surface area contributed by atoms with Gasteiger partial charge in [-0.1, -0.05) is 61.9 Å². The van der Waals surface area contributed by atoms with E-state index in [-0.39, 0.29) is 12.5 Å². The average Bonchev–Trinajstić information content (AvgIpc) is 2.80. The first kappa shape index (κ1) is 25.4. The first-order valence-corrected chi connectivity index (χ1v) is 12.4. The van der Waals surface area contributed by atoms with Crippen molar-refractivity contribution in [3.8, 4) is 5.75 Å². The number of halogens is 2. The molecule has 2 aromatic rings. The Bertz CT molecular complexity index is 986. The molecule has 2 aromatic carbocycles. The van der Waals surface area contributed by atoms with Crippen LogP contribution in [-0.2, 0) is 14.9 Å². The number of amides is 1. The van der Waals surface area contributed by atoms with Gasteiger partial charge in [-0.15, -0.1) is 0 Å². The predicted molar refractivity (Wildman–Crippen MR) is 133 cm³/mol. The maximum Gasteiger partial charge on any atom is 0.341 e. The minimum Gasteiger partial charge on any atom is -0.493 e. The lowest BCUT2D eigenvalue weighted by Gasteiger charge is -2.37. The average molecular weight is 492 g/mol. The van der Waals surface area contributed by atoms with Crippen molar-refractivity contribution in [1.82, 2.24) is 0 Å². The molecule has 1 amide bonds. The van der Waals surface area contributed by atoms with Crippen LogP contribution in [0.15, 0.2) is 36.4 Å². The molecule has 33 heavy (non-hydrogen) atoms. The van der Waals surface area contributed by atoms with Crippen LogP contribution in [0, 0.1) is 0 Å². The summed E-state index contributed by atoms with van der Waals surface area (Å²) < 4.78 is 11.0. The molecule has 1 aliphatic rings. The summed E-state index contributed by atoms with van der Waals surface area (Å²) in [6.45, 7) is 4.58. The van der Waals surface area contributed by atoms with Crippen LogP contribution in [0.25, 0.3) is 0 Å². The molecule has 3 rings (SSSR count). The Balaban J connectivity index is 1.91. The second kappa shape index (κ2) is 11.8. The Hall–Kier alpha value is -2.24. The van der Waals surface area contributed by atoms with Crippen LogP contribution in [0.5, 0.6) is 5.75 Å². The molecular weight excluding hydrogens is 461 g/mol. The Morgan fingerprint density at radius 2 is 1.79 bits per heavy atom. The van der Waals surface area contributed by atoms with E-state index < -0.39 is 11.4 Å². The number of esters is 1. The van der Waals surface area contributed by atoms with Crippen LogP contribution in [0.1, 0.15) is 74.7 Å². The molecule has 0 unspecified atom stereocenters. The molecule has 0 bridgehead atoms. The minimum absolute atomic E-state index is 0.138. The van der Waals surface area contributed by atoms with Gasteiger partial charge in [0, 0.05) is 15.7 Å². The van der Waals surface area contributed by atoms with Crippen LogP contribution in [-0.4, -0.2) is 25.1 Å². The molecular formula is C26H31Cl2NO4. The highest BCUT2D eigenvalue weighted by atomic mass is 35.5. The standard InChI is InChI=1S/C26H31Cl2NO4/c1-3-5-15-33-23-12-10-19(17-20(23)24(30)32-4-2)29-25(31)26(13-7-6-8-14-26)21-11-9-18(27)16-22(21)28/h9-12,16-17H,3-8,13-15H2,1-2H3,(H,29,31). The van der Waals surface area contributed by atoms with Gasteiger partial charge < -0.3 is 14.8 Å². The lowest BCUT2D eigenvalue weighted by Crippen LogP contribution is -2.42. The summed E-state index contributed by atoms with van der Waals surface area (Å²) in [7, 11) is 0. The van der Waals surface area contributed by atoms with Crippen LogP contribution >= 0.6 is 23.2 Å². The zero-order valence-corrected chi connectivity index (χ0v) is 20.7. The molecule has 1 fully saturated rings. The smallest absolute Gasteiger partial charge is 0.341 e. The number of carbonyl (C=O) groups is 2. The molecule has 1 saturated carbocycles. The van der Waals surface area contributed by atoms with Crippen molar-refractivity contribution < 1.29 is 19.1 Å². The predicted octanol–water partition coefficient (Wildman–Crippen LogP) is 7.19. The summed E-state index contributed by atoms with van der Waals surface area (Å²) in [5.74, 6) is -0.165. The van der Waals surface area contributed by atoms with E-state index in [1.807, 2.05) is 6.07 Å². The summed E-state index contributed by atoms with van der Waals surface area (Å²) in [5.41, 5.74) is 0.852. The van der Waals surface area contributed by atoms with E-state index in [0.717, 1.165) is 37.7 Å². The van der Waals surface area contributed by atoms with Crippen LogP contribution in [0.3, 0.4) is 0 Å².